The van der Waals surface area contributed by atoms with Crippen molar-refractivity contribution in [2.45, 2.75) is 46.1 Å². The van der Waals surface area contributed by atoms with Crippen molar-refractivity contribution in [3.63, 3.8) is 0 Å². The second-order valence-electron chi connectivity index (χ2n) is 3.81. The van der Waals surface area contributed by atoms with Crippen molar-refractivity contribution in [2.75, 3.05) is 19.6 Å². The first-order valence-electron chi connectivity index (χ1n) is 5.62. The summed E-state index contributed by atoms with van der Waals surface area (Å²) in [6.07, 6.45) is 3.42. The van der Waals surface area contributed by atoms with E-state index in [4.69, 9.17) is 5.73 Å². The summed E-state index contributed by atoms with van der Waals surface area (Å²) >= 11 is 0. The van der Waals surface area contributed by atoms with E-state index in [0.29, 0.717) is 6.04 Å². The molecule has 14 heavy (non-hydrogen) atoms. The zero-order chi connectivity index (χ0) is 10.8. The summed E-state index contributed by atoms with van der Waals surface area (Å²) in [5.74, 6) is 6.30. The lowest BCUT2D eigenvalue weighted by Crippen LogP contribution is -2.31. The molecule has 0 radical (unpaired) electrons. The molecule has 2 heteroatoms. The smallest absolute Gasteiger partial charge is 0.0603 e. The molecule has 82 valence electrons. The van der Waals surface area contributed by atoms with Gasteiger partial charge < -0.3 is 5.73 Å². The van der Waals surface area contributed by atoms with Crippen LogP contribution in [-0.2, 0) is 0 Å². The number of nitrogens with two attached hydrogens (primary N) is 1. The Balaban J connectivity index is 0.000000364. The largest absolute Gasteiger partial charge is 0.330 e. The lowest BCUT2D eigenvalue weighted by atomic mass is 10.3. The molecule has 0 spiro atoms. The first kappa shape index (κ1) is 13.5. The van der Waals surface area contributed by atoms with Crippen LogP contribution in [0.2, 0.25) is 0 Å². The van der Waals surface area contributed by atoms with Gasteiger partial charge in [-0.3, -0.25) is 4.90 Å². The maximum absolute atomic E-state index is 5.03. The number of hydrogen-bond acceptors (Lipinski definition) is 2. The molecule has 0 aromatic heterocycles. The molecule has 1 rings (SSSR count). The van der Waals surface area contributed by atoms with Crippen LogP contribution in [0, 0.1) is 11.8 Å². The predicted molar refractivity (Wildman–Crippen MR) is 63.1 cm³/mol. The minimum Gasteiger partial charge on any atom is -0.330 e. The van der Waals surface area contributed by atoms with Crippen LogP contribution in [0.5, 0.6) is 0 Å². The third-order valence-corrected chi connectivity index (χ3v) is 2.17. The molecule has 0 amide bonds. The Morgan fingerprint density at radius 2 is 2.00 bits per heavy atom. The lowest BCUT2D eigenvalue weighted by Gasteiger charge is -2.22. The van der Waals surface area contributed by atoms with E-state index in [1.807, 2.05) is 0 Å². The Bertz CT molecular complexity index is 174. The normalized spacial score (nSPS) is 16.4. The Morgan fingerprint density at radius 3 is 2.50 bits per heavy atom. The van der Waals surface area contributed by atoms with E-state index in [0.717, 1.165) is 25.9 Å². The van der Waals surface area contributed by atoms with Crippen molar-refractivity contribution < 1.29 is 0 Å². The fourth-order valence-electron chi connectivity index (χ4n) is 1.14. The monoisotopic (exact) mass is 196 g/mol. The molecular weight excluding hydrogens is 172 g/mol. The van der Waals surface area contributed by atoms with Gasteiger partial charge in [0.2, 0.25) is 0 Å². The molecule has 0 unspecified atom stereocenters. The first-order chi connectivity index (χ1) is 6.72. The molecule has 1 heterocycles. The zero-order valence-electron chi connectivity index (χ0n) is 9.84. The average molecular weight is 196 g/mol. The first-order valence-corrected chi connectivity index (χ1v) is 5.62. The van der Waals surface area contributed by atoms with Crippen LogP contribution >= 0.6 is 0 Å². The third kappa shape index (κ3) is 6.94. The minimum atomic E-state index is 0.660. The zero-order valence-corrected chi connectivity index (χ0v) is 9.84. The SMILES string of the molecule is CC(C)N1CC#CCCC1.CCCN. The van der Waals surface area contributed by atoms with Crippen LogP contribution in [0.3, 0.4) is 0 Å². The second kappa shape index (κ2) is 9.05. The van der Waals surface area contributed by atoms with Crippen LogP contribution in [-0.4, -0.2) is 30.6 Å². The van der Waals surface area contributed by atoms with Crippen molar-refractivity contribution in [1.29, 1.82) is 0 Å². The fourth-order valence-corrected chi connectivity index (χ4v) is 1.14. The van der Waals surface area contributed by atoms with E-state index in [9.17, 15) is 0 Å². The van der Waals surface area contributed by atoms with Crippen molar-refractivity contribution in [3.8, 4) is 11.8 Å². The van der Waals surface area contributed by atoms with E-state index in [2.05, 4.69) is 37.5 Å². The maximum atomic E-state index is 5.03. The van der Waals surface area contributed by atoms with Gasteiger partial charge >= 0.3 is 0 Å². The maximum Gasteiger partial charge on any atom is 0.0603 e. The molecule has 0 aromatic carbocycles. The summed E-state index contributed by atoms with van der Waals surface area (Å²) in [7, 11) is 0. The third-order valence-electron chi connectivity index (χ3n) is 2.17. The molecular formula is C12H24N2. The molecule has 0 bridgehead atoms. The summed E-state index contributed by atoms with van der Waals surface area (Å²) in [4.78, 5) is 2.42. The van der Waals surface area contributed by atoms with E-state index in [1.54, 1.807) is 0 Å². The van der Waals surface area contributed by atoms with Crippen LogP contribution in [0.25, 0.3) is 0 Å². The van der Waals surface area contributed by atoms with E-state index in [-0.39, 0.29) is 0 Å². The summed E-state index contributed by atoms with van der Waals surface area (Å²) in [5.41, 5.74) is 5.03. The molecule has 2 N–H and O–H groups in total. The highest BCUT2D eigenvalue weighted by atomic mass is 15.1. The van der Waals surface area contributed by atoms with E-state index < -0.39 is 0 Å². The Kier molecular flexibility index (Phi) is 8.72. The van der Waals surface area contributed by atoms with Gasteiger partial charge in [0.15, 0.2) is 0 Å². The van der Waals surface area contributed by atoms with Gasteiger partial charge in [-0.15, -0.1) is 5.92 Å². The van der Waals surface area contributed by atoms with E-state index in [1.165, 1.54) is 13.0 Å². The predicted octanol–water partition coefficient (Wildman–Crippen LogP) is 1.85. The molecule has 1 aliphatic rings. The highest BCUT2D eigenvalue weighted by Crippen LogP contribution is 2.02. The molecule has 0 aromatic rings. The van der Waals surface area contributed by atoms with Crippen molar-refractivity contribution in [3.05, 3.63) is 0 Å². The van der Waals surface area contributed by atoms with Gasteiger partial charge in [-0.1, -0.05) is 12.8 Å². The van der Waals surface area contributed by atoms with Gasteiger partial charge in [0.1, 0.15) is 0 Å². The topological polar surface area (TPSA) is 29.3 Å². The van der Waals surface area contributed by atoms with Gasteiger partial charge in [-0.25, -0.2) is 0 Å². The Labute approximate surface area is 88.9 Å². The van der Waals surface area contributed by atoms with Gasteiger partial charge in [0.05, 0.1) is 6.54 Å². The van der Waals surface area contributed by atoms with Crippen molar-refractivity contribution in [1.82, 2.24) is 4.90 Å². The highest BCUT2D eigenvalue weighted by molar-refractivity contribution is 5.03. The van der Waals surface area contributed by atoms with Gasteiger partial charge in [0, 0.05) is 19.0 Å². The molecule has 0 fully saturated rings. The van der Waals surface area contributed by atoms with Crippen molar-refractivity contribution in [2.24, 2.45) is 5.73 Å². The average Bonchev–Trinajstić information content (AvgIpc) is 2.46. The molecule has 0 saturated heterocycles. The standard InChI is InChI=1S/C9H15N.C3H9N/c1-9(2)10-7-5-3-4-6-8-10;1-2-3-4/h9H,3,5,7-8H2,1-2H3;2-4H2,1H3. The van der Waals surface area contributed by atoms with Gasteiger partial charge in [-0.2, -0.15) is 0 Å². The second-order valence-corrected chi connectivity index (χ2v) is 3.81. The number of nitrogens with zero attached hydrogens (tertiary/aromatic N) is 1. The molecule has 0 saturated carbocycles. The van der Waals surface area contributed by atoms with Crippen LogP contribution in [0.1, 0.15) is 40.0 Å². The van der Waals surface area contributed by atoms with Crippen LogP contribution in [0.4, 0.5) is 0 Å². The fraction of sp³-hybridized carbons (Fsp3) is 0.833. The summed E-state index contributed by atoms with van der Waals surface area (Å²) in [5, 5.41) is 0. The highest BCUT2D eigenvalue weighted by Gasteiger charge is 2.07. The molecule has 0 aliphatic carbocycles. The van der Waals surface area contributed by atoms with Crippen LogP contribution in [0.15, 0.2) is 0 Å². The van der Waals surface area contributed by atoms with E-state index >= 15 is 0 Å². The summed E-state index contributed by atoms with van der Waals surface area (Å²) in [6, 6.07) is 0.660. The minimum absolute atomic E-state index is 0.660. The lowest BCUT2D eigenvalue weighted by molar-refractivity contribution is 0.251. The Morgan fingerprint density at radius 1 is 1.36 bits per heavy atom. The molecule has 2 nitrogen and oxygen atoms in total. The quantitative estimate of drug-likeness (QED) is 0.683. The van der Waals surface area contributed by atoms with Gasteiger partial charge in [0.25, 0.3) is 0 Å². The molecule has 0 atom stereocenters. The summed E-state index contributed by atoms with van der Waals surface area (Å²) in [6.45, 7) is 9.51. The van der Waals surface area contributed by atoms with Crippen LogP contribution < -0.4 is 5.73 Å². The number of hydrogen-bond donors (Lipinski definition) is 1. The Hall–Kier alpha value is -0.520. The molecule has 1 aliphatic heterocycles. The van der Waals surface area contributed by atoms with Crippen molar-refractivity contribution >= 4 is 0 Å². The number of rotatable bonds is 2. The summed E-state index contributed by atoms with van der Waals surface area (Å²) < 4.78 is 0. The van der Waals surface area contributed by atoms with Gasteiger partial charge in [-0.05, 0) is 33.2 Å².